The molecule has 6 N–H and O–H groups in total. The first-order valence-electron chi connectivity index (χ1n) is 5.81. The van der Waals surface area contributed by atoms with Gasteiger partial charge in [-0.25, -0.2) is 5.43 Å². The van der Waals surface area contributed by atoms with Crippen molar-refractivity contribution in [3.8, 4) is 0 Å². The molecule has 0 aromatic carbocycles. The van der Waals surface area contributed by atoms with Crippen LogP contribution in [0.15, 0.2) is 47.7 Å². The lowest BCUT2D eigenvalue weighted by Gasteiger charge is -2.16. The van der Waals surface area contributed by atoms with Gasteiger partial charge in [-0.1, -0.05) is 24.3 Å². The first-order valence-corrected chi connectivity index (χ1v) is 5.81. The van der Waals surface area contributed by atoms with E-state index in [0.717, 1.165) is 12.1 Å². The second kappa shape index (κ2) is 4.12. The van der Waals surface area contributed by atoms with E-state index in [-0.39, 0.29) is 18.4 Å². The van der Waals surface area contributed by atoms with Crippen LogP contribution in [0.1, 0.15) is 0 Å². The summed E-state index contributed by atoms with van der Waals surface area (Å²) in [6, 6.07) is 0.0449. The normalized spacial score (nSPS) is 36.2. The Morgan fingerprint density at radius 1 is 1.41 bits per heavy atom. The van der Waals surface area contributed by atoms with Gasteiger partial charge in [-0.15, -0.1) is 0 Å². The van der Waals surface area contributed by atoms with Crippen LogP contribution in [-0.2, 0) is 0 Å². The van der Waals surface area contributed by atoms with Crippen molar-refractivity contribution in [2.75, 3.05) is 6.54 Å². The van der Waals surface area contributed by atoms with Gasteiger partial charge in [0.15, 0.2) is 0 Å². The topological polar surface area (TPSA) is 89.0 Å². The van der Waals surface area contributed by atoms with Crippen molar-refractivity contribution in [2.45, 2.75) is 18.4 Å². The first kappa shape index (κ1) is 10.7. The van der Waals surface area contributed by atoms with Crippen molar-refractivity contribution in [3.63, 3.8) is 0 Å². The monoisotopic (exact) mass is 231 g/mol. The molecule has 17 heavy (non-hydrogen) atoms. The molecule has 3 unspecified atom stereocenters. The third-order valence-corrected chi connectivity index (χ3v) is 3.18. The maximum Gasteiger partial charge on any atom is 0.114 e. The van der Waals surface area contributed by atoms with Gasteiger partial charge >= 0.3 is 0 Å². The standard InChI is InChI=1S/C12H17N5/c13-10-2-1-9(7-10)12-16-17(12)11(14)8-3-5-15-6-4-8/h1-5,7,10-12,15-16H,6,13-14H2/t10-,11?,12?,17?/m1/s1. The SMILES string of the molecule is NC(C1=CCNC=C1)N1NC1C1=C[C@H](N)C=C1. The van der Waals surface area contributed by atoms with Crippen LogP contribution in [-0.4, -0.2) is 29.9 Å². The molecule has 2 aliphatic heterocycles. The van der Waals surface area contributed by atoms with E-state index >= 15 is 0 Å². The summed E-state index contributed by atoms with van der Waals surface area (Å²) in [4.78, 5) is 0. The van der Waals surface area contributed by atoms with Gasteiger partial charge < -0.3 is 16.8 Å². The molecule has 0 radical (unpaired) electrons. The smallest absolute Gasteiger partial charge is 0.114 e. The molecular formula is C12H17N5. The number of dihydropyridines is 1. The molecule has 5 nitrogen and oxygen atoms in total. The Labute approximate surface area is 100 Å². The Morgan fingerprint density at radius 2 is 2.29 bits per heavy atom. The minimum absolute atomic E-state index is 0.0449. The number of nitrogens with two attached hydrogens (primary N) is 2. The zero-order valence-corrected chi connectivity index (χ0v) is 9.51. The predicted octanol–water partition coefficient (Wildman–Crippen LogP) is -0.716. The quantitative estimate of drug-likeness (QED) is 0.482. The van der Waals surface area contributed by atoms with Crippen LogP contribution in [0, 0.1) is 0 Å². The number of nitrogens with one attached hydrogen (secondary N) is 2. The third kappa shape index (κ3) is 2.05. The lowest BCUT2D eigenvalue weighted by Crippen LogP contribution is -2.34. The highest BCUT2D eigenvalue weighted by molar-refractivity contribution is 5.38. The summed E-state index contributed by atoms with van der Waals surface area (Å²) in [6.07, 6.45) is 12.2. The number of hydrogen-bond acceptors (Lipinski definition) is 5. The van der Waals surface area contributed by atoms with Gasteiger partial charge in [0.2, 0.25) is 0 Å². The molecular weight excluding hydrogens is 214 g/mol. The van der Waals surface area contributed by atoms with Crippen molar-refractivity contribution >= 4 is 0 Å². The summed E-state index contributed by atoms with van der Waals surface area (Å²) in [7, 11) is 0. The summed E-state index contributed by atoms with van der Waals surface area (Å²) < 4.78 is 0. The van der Waals surface area contributed by atoms with Gasteiger partial charge in [-0.05, 0) is 23.4 Å². The van der Waals surface area contributed by atoms with E-state index in [4.69, 9.17) is 11.5 Å². The molecule has 90 valence electrons. The lowest BCUT2D eigenvalue weighted by atomic mass is 10.1. The van der Waals surface area contributed by atoms with E-state index in [1.807, 2.05) is 23.4 Å². The summed E-state index contributed by atoms with van der Waals surface area (Å²) in [5.74, 6) is 0. The minimum Gasteiger partial charge on any atom is -0.387 e. The van der Waals surface area contributed by atoms with Crippen LogP contribution in [0.25, 0.3) is 0 Å². The highest BCUT2D eigenvalue weighted by Crippen LogP contribution is 2.26. The molecule has 0 aromatic rings. The average molecular weight is 231 g/mol. The molecule has 4 atom stereocenters. The molecule has 0 bridgehead atoms. The van der Waals surface area contributed by atoms with Crippen LogP contribution in [0.2, 0.25) is 0 Å². The summed E-state index contributed by atoms with van der Waals surface area (Å²) in [5.41, 5.74) is 17.6. The van der Waals surface area contributed by atoms with E-state index in [9.17, 15) is 0 Å². The Hall–Kier alpha value is -1.40. The second-order valence-electron chi connectivity index (χ2n) is 4.43. The van der Waals surface area contributed by atoms with Gasteiger partial charge in [0.25, 0.3) is 0 Å². The molecule has 2 heterocycles. The molecule has 5 heteroatoms. The van der Waals surface area contributed by atoms with Crippen molar-refractivity contribution < 1.29 is 0 Å². The van der Waals surface area contributed by atoms with Crippen LogP contribution in [0.4, 0.5) is 0 Å². The fourth-order valence-electron chi connectivity index (χ4n) is 2.17. The van der Waals surface area contributed by atoms with Crippen LogP contribution >= 0.6 is 0 Å². The van der Waals surface area contributed by atoms with E-state index in [1.165, 1.54) is 5.57 Å². The van der Waals surface area contributed by atoms with Crippen LogP contribution in [0.3, 0.4) is 0 Å². The van der Waals surface area contributed by atoms with Gasteiger partial charge in [-0.3, -0.25) is 0 Å². The van der Waals surface area contributed by atoms with E-state index in [1.54, 1.807) is 0 Å². The fourth-order valence-corrected chi connectivity index (χ4v) is 2.17. The minimum atomic E-state index is -0.107. The highest BCUT2D eigenvalue weighted by Gasteiger charge is 2.41. The molecule has 0 saturated carbocycles. The van der Waals surface area contributed by atoms with Gasteiger partial charge in [-0.2, -0.15) is 5.01 Å². The van der Waals surface area contributed by atoms with Crippen LogP contribution < -0.4 is 22.2 Å². The largest absolute Gasteiger partial charge is 0.387 e. The average Bonchev–Trinajstić information content (AvgIpc) is 3.05. The Kier molecular flexibility index (Phi) is 2.60. The molecule has 1 saturated heterocycles. The number of hydrazine groups is 1. The lowest BCUT2D eigenvalue weighted by molar-refractivity contribution is 0.413. The van der Waals surface area contributed by atoms with E-state index in [2.05, 4.69) is 29.0 Å². The van der Waals surface area contributed by atoms with Gasteiger partial charge in [0, 0.05) is 12.6 Å². The molecule has 0 amide bonds. The summed E-state index contributed by atoms with van der Waals surface area (Å²) >= 11 is 0. The maximum absolute atomic E-state index is 6.18. The van der Waals surface area contributed by atoms with Gasteiger partial charge in [0.05, 0.1) is 6.17 Å². The molecule has 0 aromatic heterocycles. The molecule has 3 rings (SSSR count). The number of rotatable bonds is 3. The first-order chi connectivity index (χ1) is 8.25. The van der Waals surface area contributed by atoms with Crippen molar-refractivity contribution in [2.24, 2.45) is 11.5 Å². The Balaban J connectivity index is 1.65. The Morgan fingerprint density at radius 3 is 2.94 bits per heavy atom. The molecule has 0 spiro atoms. The Bertz CT molecular complexity index is 434. The van der Waals surface area contributed by atoms with Crippen molar-refractivity contribution in [3.05, 3.63) is 47.7 Å². The van der Waals surface area contributed by atoms with Crippen molar-refractivity contribution in [1.29, 1.82) is 0 Å². The van der Waals surface area contributed by atoms with Gasteiger partial charge in [0.1, 0.15) is 6.17 Å². The fraction of sp³-hybridized carbons (Fsp3) is 0.333. The zero-order chi connectivity index (χ0) is 11.8. The molecule has 1 aliphatic carbocycles. The summed E-state index contributed by atoms with van der Waals surface area (Å²) in [5, 5.41) is 5.15. The van der Waals surface area contributed by atoms with Crippen LogP contribution in [0.5, 0.6) is 0 Å². The van der Waals surface area contributed by atoms with E-state index < -0.39 is 0 Å². The van der Waals surface area contributed by atoms with E-state index in [0.29, 0.717) is 0 Å². The summed E-state index contributed by atoms with van der Waals surface area (Å²) in [6.45, 7) is 0.839. The third-order valence-electron chi connectivity index (χ3n) is 3.18. The molecule has 1 fully saturated rings. The second-order valence-corrected chi connectivity index (χ2v) is 4.43. The van der Waals surface area contributed by atoms with Crippen molar-refractivity contribution in [1.82, 2.24) is 15.8 Å². The molecule has 3 aliphatic rings. The maximum atomic E-state index is 6.18. The highest BCUT2D eigenvalue weighted by atomic mass is 15.8. The predicted molar refractivity (Wildman–Crippen MR) is 67.2 cm³/mol. The zero-order valence-electron chi connectivity index (χ0n) is 9.51. The number of nitrogens with zero attached hydrogens (tertiary/aromatic N) is 1. The number of hydrogen-bond donors (Lipinski definition) is 4.